The Morgan fingerprint density at radius 1 is 0.970 bits per heavy atom. The highest BCUT2D eigenvalue weighted by Crippen LogP contribution is 2.39. The summed E-state index contributed by atoms with van der Waals surface area (Å²) >= 11 is 0. The molecule has 0 amide bonds. The molecule has 2 aliphatic heterocycles. The SMILES string of the molecule is O=C1CC(c2cccc(NS(=O)(=O)c3cccc(NC4=NCCN4)c3)c2)c2ccccc2O1. The molecular weight excluding hydrogens is 440 g/mol. The minimum absolute atomic E-state index is 0.128. The van der Waals surface area contributed by atoms with Gasteiger partial charge < -0.3 is 15.4 Å². The van der Waals surface area contributed by atoms with Crippen LogP contribution in [0.5, 0.6) is 5.75 Å². The van der Waals surface area contributed by atoms with Crippen molar-refractivity contribution in [3.05, 3.63) is 83.9 Å². The van der Waals surface area contributed by atoms with E-state index in [9.17, 15) is 13.2 Å². The molecular formula is C24H22N4O4S. The minimum atomic E-state index is -3.83. The average Bonchev–Trinajstić information content (AvgIpc) is 3.31. The number of aliphatic imine (C=N–C) groups is 1. The number of sulfonamides is 1. The number of hydrogen-bond acceptors (Lipinski definition) is 7. The van der Waals surface area contributed by atoms with Crippen LogP contribution < -0.4 is 20.1 Å². The predicted octanol–water partition coefficient (Wildman–Crippen LogP) is 3.30. The second-order valence-corrected chi connectivity index (χ2v) is 9.49. The molecule has 33 heavy (non-hydrogen) atoms. The molecule has 0 radical (unpaired) electrons. The van der Waals surface area contributed by atoms with Gasteiger partial charge in [0, 0.05) is 29.4 Å². The highest BCUT2D eigenvalue weighted by molar-refractivity contribution is 7.92. The number of nitrogens with one attached hydrogen (secondary N) is 3. The fourth-order valence-corrected chi connectivity index (χ4v) is 5.09. The van der Waals surface area contributed by atoms with E-state index < -0.39 is 10.0 Å². The van der Waals surface area contributed by atoms with Crippen LogP contribution in [0, 0.1) is 0 Å². The molecule has 1 atom stereocenters. The number of hydrogen-bond donors (Lipinski definition) is 3. The Balaban J connectivity index is 1.39. The maximum Gasteiger partial charge on any atom is 0.312 e. The number of benzene rings is 3. The van der Waals surface area contributed by atoms with Crippen molar-refractivity contribution in [3.8, 4) is 5.75 Å². The van der Waals surface area contributed by atoms with Crippen LogP contribution in [0.15, 0.2) is 82.7 Å². The summed E-state index contributed by atoms with van der Waals surface area (Å²) in [5, 5.41) is 6.18. The number of fused-ring (bicyclic) bond motifs is 1. The maximum absolute atomic E-state index is 13.1. The van der Waals surface area contributed by atoms with Crippen LogP contribution in [0.1, 0.15) is 23.5 Å². The van der Waals surface area contributed by atoms with Crippen LogP contribution in [0.2, 0.25) is 0 Å². The fourth-order valence-electron chi connectivity index (χ4n) is 3.99. The van der Waals surface area contributed by atoms with E-state index in [1.807, 2.05) is 24.3 Å². The summed E-state index contributed by atoms with van der Waals surface area (Å²) in [6.07, 6.45) is 0.193. The monoisotopic (exact) mass is 462 g/mol. The lowest BCUT2D eigenvalue weighted by Gasteiger charge is -2.25. The molecule has 1 unspecified atom stereocenters. The molecule has 0 aliphatic carbocycles. The largest absolute Gasteiger partial charge is 0.426 e. The van der Waals surface area contributed by atoms with E-state index in [0.29, 0.717) is 29.6 Å². The lowest BCUT2D eigenvalue weighted by Crippen LogP contribution is -2.26. The Bertz CT molecular complexity index is 1350. The molecule has 3 aromatic carbocycles. The fraction of sp³-hybridized carbons (Fsp3) is 0.167. The van der Waals surface area contributed by atoms with E-state index >= 15 is 0 Å². The smallest absolute Gasteiger partial charge is 0.312 e. The molecule has 0 aromatic heterocycles. The van der Waals surface area contributed by atoms with Gasteiger partial charge in [-0.05, 0) is 42.0 Å². The highest BCUT2D eigenvalue weighted by Gasteiger charge is 2.28. The Morgan fingerprint density at radius 2 is 1.79 bits per heavy atom. The van der Waals surface area contributed by atoms with Gasteiger partial charge in [-0.15, -0.1) is 0 Å². The third-order valence-corrected chi connectivity index (χ3v) is 6.89. The zero-order valence-electron chi connectivity index (χ0n) is 17.6. The van der Waals surface area contributed by atoms with Gasteiger partial charge in [0.05, 0.1) is 17.9 Å². The van der Waals surface area contributed by atoms with Crippen LogP contribution in [0.3, 0.4) is 0 Å². The minimum Gasteiger partial charge on any atom is -0.426 e. The lowest BCUT2D eigenvalue weighted by molar-refractivity contribution is -0.135. The average molecular weight is 463 g/mol. The zero-order valence-corrected chi connectivity index (χ0v) is 18.4. The number of carbonyl (C=O) groups is 1. The molecule has 0 saturated heterocycles. The topological polar surface area (TPSA) is 109 Å². The molecule has 168 valence electrons. The first kappa shape index (κ1) is 21.0. The summed E-state index contributed by atoms with van der Waals surface area (Å²) < 4.78 is 34.1. The Hall–Kier alpha value is -3.85. The van der Waals surface area contributed by atoms with Crippen molar-refractivity contribution in [1.82, 2.24) is 5.32 Å². The van der Waals surface area contributed by atoms with Gasteiger partial charge in [-0.3, -0.25) is 14.5 Å². The van der Waals surface area contributed by atoms with Gasteiger partial charge in [0.15, 0.2) is 5.96 Å². The van der Waals surface area contributed by atoms with Crippen LogP contribution in [-0.2, 0) is 14.8 Å². The Kier molecular flexibility index (Phi) is 5.47. The summed E-state index contributed by atoms with van der Waals surface area (Å²) in [5.41, 5.74) is 2.78. The third kappa shape index (κ3) is 4.54. The molecule has 0 spiro atoms. The number of guanidine groups is 1. The van der Waals surface area contributed by atoms with E-state index in [0.717, 1.165) is 17.7 Å². The van der Waals surface area contributed by atoms with Crippen molar-refractivity contribution in [3.63, 3.8) is 0 Å². The standard InChI is InChI=1S/C24H22N4O4S/c29-23-15-21(20-9-1-2-10-22(20)32-23)16-5-3-7-18(13-16)28-33(30,31)19-8-4-6-17(14-19)27-24-25-11-12-26-24/h1-10,13-14,21,28H,11-12,15H2,(H2,25,26,27). The first-order chi connectivity index (χ1) is 16.0. The van der Waals surface area contributed by atoms with Crippen molar-refractivity contribution < 1.29 is 17.9 Å². The van der Waals surface area contributed by atoms with E-state index in [2.05, 4.69) is 20.3 Å². The van der Waals surface area contributed by atoms with E-state index in [1.54, 1.807) is 42.5 Å². The molecule has 2 aliphatic rings. The highest BCUT2D eigenvalue weighted by atomic mass is 32.2. The molecule has 0 fully saturated rings. The third-order valence-electron chi connectivity index (χ3n) is 5.51. The number of para-hydroxylation sites is 1. The number of rotatable bonds is 5. The van der Waals surface area contributed by atoms with Crippen molar-refractivity contribution >= 4 is 33.3 Å². The van der Waals surface area contributed by atoms with Gasteiger partial charge in [0.2, 0.25) is 0 Å². The Labute approximate surface area is 191 Å². The quantitative estimate of drug-likeness (QED) is 0.397. The van der Waals surface area contributed by atoms with E-state index in [4.69, 9.17) is 4.74 Å². The second kappa shape index (κ2) is 8.59. The number of carbonyl (C=O) groups excluding carboxylic acids is 1. The zero-order chi connectivity index (χ0) is 22.8. The van der Waals surface area contributed by atoms with Crippen molar-refractivity contribution in [2.45, 2.75) is 17.2 Å². The lowest BCUT2D eigenvalue weighted by atomic mass is 9.86. The first-order valence-electron chi connectivity index (χ1n) is 10.6. The molecule has 8 nitrogen and oxygen atoms in total. The Morgan fingerprint density at radius 3 is 2.64 bits per heavy atom. The van der Waals surface area contributed by atoms with Crippen LogP contribution in [0.4, 0.5) is 11.4 Å². The van der Waals surface area contributed by atoms with Gasteiger partial charge in [0.1, 0.15) is 5.75 Å². The number of ether oxygens (including phenoxy) is 1. The van der Waals surface area contributed by atoms with Crippen molar-refractivity contribution in [2.75, 3.05) is 23.1 Å². The van der Waals surface area contributed by atoms with Crippen molar-refractivity contribution in [2.24, 2.45) is 4.99 Å². The number of anilines is 2. The van der Waals surface area contributed by atoms with Crippen LogP contribution in [0.25, 0.3) is 0 Å². The number of esters is 1. The van der Waals surface area contributed by atoms with Gasteiger partial charge in [-0.25, -0.2) is 8.42 Å². The normalized spacial score (nSPS) is 17.4. The van der Waals surface area contributed by atoms with E-state index in [1.165, 1.54) is 6.07 Å². The van der Waals surface area contributed by atoms with Gasteiger partial charge in [-0.1, -0.05) is 36.4 Å². The van der Waals surface area contributed by atoms with Gasteiger partial charge in [-0.2, -0.15) is 0 Å². The molecule has 3 aromatic rings. The summed E-state index contributed by atoms with van der Waals surface area (Å²) in [4.78, 5) is 16.5. The molecule has 2 heterocycles. The second-order valence-electron chi connectivity index (χ2n) is 7.81. The van der Waals surface area contributed by atoms with Gasteiger partial charge >= 0.3 is 5.97 Å². The first-order valence-corrected chi connectivity index (χ1v) is 12.0. The van der Waals surface area contributed by atoms with E-state index in [-0.39, 0.29) is 23.2 Å². The molecule has 3 N–H and O–H groups in total. The predicted molar refractivity (Wildman–Crippen MR) is 126 cm³/mol. The molecule has 9 heteroatoms. The van der Waals surface area contributed by atoms with Crippen molar-refractivity contribution in [1.29, 1.82) is 0 Å². The summed E-state index contributed by atoms with van der Waals surface area (Å²) in [5.74, 6) is 0.640. The van der Waals surface area contributed by atoms with Gasteiger partial charge in [0.25, 0.3) is 10.0 Å². The summed E-state index contributed by atoms with van der Waals surface area (Å²) in [6, 6.07) is 21.1. The summed E-state index contributed by atoms with van der Waals surface area (Å²) in [6.45, 7) is 1.43. The van der Waals surface area contributed by atoms with Crippen LogP contribution >= 0.6 is 0 Å². The number of nitrogens with zero attached hydrogens (tertiary/aromatic N) is 1. The molecule has 0 saturated carbocycles. The maximum atomic E-state index is 13.1. The molecule has 5 rings (SSSR count). The van der Waals surface area contributed by atoms with Crippen LogP contribution in [-0.4, -0.2) is 33.4 Å². The molecule has 0 bridgehead atoms. The summed E-state index contributed by atoms with van der Waals surface area (Å²) in [7, 11) is -3.83.